The second-order valence-corrected chi connectivity index (χ2v) is 6.03. The Morgan fingerprint density at radius 3 is 2.48 bits per heavy atom. The largest absolute Gasteiger partial charge is 0.493 e. The number of hydrogen-bond acceptors (Lipinski definition) is 4. The molecule has 4 heteroatoms. The van der Waals surface area contributed by atoms with E-state index in [-0.39, 0.29) is 5.41 Å². The summed E-state index contributed by atoms with van der Waals surface area (Å²) >= 11 is 0. The quantitative estimate of drug-likeness (QED) is 0.929. The summed E-state index contributed by atoms with van der Waals surface area (Å²) in [4.78, 5) is 0. The number of hydrogen-bond donors (Lipinski definition) is 1. The fourth-order valence-electron chi connectivity index (χ4n) is 3.74. The fraction of sp³-hybridized carbons (Fsp3) is 0.647. The van der Waals surface area contributed by atoms with Crippen LogP contribution in [0.3, 0.4) is 0 Å². The fourth-order valence-corrected chi connectivity index (χ4v) is 3.74. The zero-order chi connectivity index (χ0) is 14.9. The molecular weight excluding hydrogens is 266 g/mol. The molecule has 1 unspecified atom stereocenters. The van der Waals surface area contributed by atoms with E-state index in [0.29, 0.717) is 6.04 Å². The first-order valence-electron chi connectivity index (χ1n) is 7.81. The van der Waals surface area contributed by atoms with Crippen molar-refractivity contribution in [3.05, 3.63) is 23.3 Å². The highest BCUT2D eigenvalue weighted by Crippen LogP contribution is 2.46. The smallest absolute Gasteiger partial charge is 0.161 e. The summed E-state index contributed by atoms with van der Waals surface area (Å²) in [6.45, 7) is 4.93. The summed E-state index contributed by atoms with van der Waals surface area (Å²) in [5.41, 5.74) is 2.97. The minimum absolute atomic E-state index is 0.179. The van der Waals surface area contributed by atoms with E-state index >= 15 is 0 Å². The molecule has 2 aliphatic heterocycles. The number of ether oxygens (including phenoxy) is 3. The lowest BCUT2D eigenvalue weighted by Crippen LogP contribution is -2.48. The first-order valence-corrected chi connectivity index (χ1v) is 7.81. The highest BCUT2D eigenvalue weighted by atomic mass is 16.5. The van der Waals surface area contributed by atoms with Crippen LogP contribution in [0.4, 0.5) is 0 Å². The molecule has 4 nitrogen and oxygen atoms in total. The van der Waals surface area contributed by atoms with E-state index in [1.807, 2.05) is 0 Å². The molecule has 0 saturated carbocycles. The number of methoxy groups -OCH3 is 2. The molecule has 2 heterocycles. The zero-order valence-electron chi connectivity index (χ0n) is 13.2. The van der Waals surface area contributed by atoms with Crippen molar-refractivity contribution >= 4 is 0 Å². The maximum atomic E-state index is 5.58. The van der Waals surface area contributed by atoms with Gasteiger partial charge in [0.15, 0.2) is 11.5 Å². The summed E-state index contributed by atoms with van der Waals surface area (Å²) in [5, 5.41) is 3.72. The Morgan fingerprint density at radius 2 is 1.86 bits per heavy atom. The van der Waals surface area contributed by atoms with Crippen LogP contribution < -0.4 is 14.8 Å². The highest BCUT2D eigenvalue weighted by Gasteiger charge is 2.41. The Labute approximate surface area is 126 Å². The summed E-state index contributed by atoms with van der Waals surface area (Å²) in [6, 6.07) is 4.75. The van der Waals surface area contributed by atoms with Crippen LogP contribution in [0.2, 0.25) is 0 Å². The number of benzene rings is 1. The van der Waals surface area contributed by atoms with Gasteiger partial charge in [0.2, 0.25) is 0 Å². The van der Waals surface area contributed by atoms with E-state index in [1.54, 1.807) is 14.2 Å². The summed E-state index contributed by atoms with van der Waals surface area (Å²) in [5.74, 6) is 1.65. The first kappa shape index (κ1) is 14.7. The van der Waals surface area contributed by atoms with E-state index in [9.17, 15) is 0 Å². The molecular formula is C17H25NO3. The van der Waals surface area contributed by atoms with Crippen molar-refractivity contribution < 1.29 is 14.2 Å². The van der Waals surface area contributed by atoms with Gasteiger partial charge in [0, 0.05) is 31.2 Å². The number of rotatable bonds is 3. The molecule has 2 aliphatic rings. The molecule has 1 aromatic rings. The standard InChI is InChI=1S/C17H25NO3/c1-4-14-12-9-15(19-2)16(20-3)10-13(12)17(11-18-14)5-7-21-8-6-17/h9-10,14,18H,4-8,11H2,1-3H3. The molecule has 1 fully saturated rings. The van der Waals surface area contributed by atoms with Gasteiger partial charge in [0.05, 0.1) is 14.2 Å². The number of fused-ring (bicyclic) bond motifs is 2. The molecule has 3 rings (SSSR count). The minimum atomic E-state index is 0.179. The maximum absolute atomic E-state index is 5.58. The maximum Gasteiger partial charge on any atom is 0.161 e. The monoisotopic (exact) mass is 291 g/mol. The van der Waals surface area contributed by atoms with Gasteiger partial charge in [-0.05, 0) is 42.5 Å². The van der Waals surface area contributed by atoms with Crippen molar-refractivity contribution in [3.8, 4) is 11.5 Å². The average molecular weight is 291 g/mol. The Bertz CT molecular complexity index is 509. The van der Waals surface area contributed by atoms with Crippen molar-refractivity contribution in [2.75, 3.05) is 34.0 Å². The van der Waals surface area contributed by atoms with Crippen LogP contribution in [0.15, 0.2) is 12.1 Å². The molecule has 0 radical (unpaired) electrons. The summed E-state index contributed by atoms with van der Waals surface area (Å²) in [6.07, 6.45) is 3.22. The van der Waals surface area contributed by atoms with Crippen LogP contribution in [0, 0.1) is 0 Å². The lowest BCUT2D eigenvalue weighted by Gasteiger charge is -2.45. The summed E-state index contributed by atoms with van der Waals surface area (Å²) in [7, 11) is 3.41. The Morgan fingerprint density at radius 1 is 1.19 bits per heavy atom. The molecule has 116 valence electrons. The van der Waals surface area contributed by atoms with Gasteiger partial charge in [0.1, 0.15) is 0 Å². The predicted octanol–water partition coefficient (Wildman–Crippen LogP) is 2.81. The van der Waals surface area contributed by atoms with Gasteiger partial charge in [-0.15, -0.1) is 0 Å². The Balaban J connectivity index is 2.12. The normalized spacial score (nSPS) is 23.7. The minimum Gasteiger partial charge on any atom is -0.493 e. The lowest BCUT2D eigenvalue weighted by molar-refractivity contribution is 0.0450. The molecule has 0 aliphatic carbocycles. The summed E-state index contributed by atoms with van der Waals surface area (Å²) < 4.78 is 16.6. The van der Waals surface area contributed by atoms with Gasteiger partial charge in [0.25, 0.3) is 0 Å². The third-order valence-electron chi connectivity index (χ3n) is 5.05. The second-order valence-electron chi connectivity index (χ2n) is 6.03. The molecule has 0 aromatic heterocycles. The topological polar surface area (TPSA) is 39.7 Å². The van der Waals surface area contributed by atoms with Crippen molar-refractivity contribution in [3.63, 3.8) is 0 Å². The molecule has 0 bridgehead atoms. The van der Waals surface area contributed by atoms with E-state index in [1.165, 1.54) is 11.1 Å². The molecule has 1 saturated heterocycles. The van der Waals surface area contributed by atoms with E-state index < -0.39 is 0 Å². The van der Waals surface area contributed by atoms with Crippen molar-refractivity contribution in [1.82, 2.24) is 5.32 Å². The van der Waals surface area contributed by atoms with Crippen LogP contribution in [0.5, 0.6) is 11.5 Å². The third kappa shape index (κ3) is 2.40. The van der Waals surface area contributed by atoms with Crippen LogP contribution in [0.1, 0.15) is 43.4 Å². The van der Waals surface area contributed by atoms with Crippen molar-refractivity contribution in [2.24, 2.45) is 0 Å². The average Bonchev–Trinajstić information content (AvgIpc) is 2.55. The zero-order valence-corrected chi connectivity index (χ0v) is 13.2. The van der Waals surface area contributed by atoms with E-state index in [2.05, 4.69) is 24.4 Å². The molecule has 1 aromatic carbocycles. The van der Waals surface area contributed by atoms with E-state index in [4.69, 9.17) is 14.2 Å². The van der Waals surface area contributed by atoms with Crippen molar-refractivity contribution in [1.29, 1.82) is 0 Å². The van der Waals surface area contributed by atoms with Gasteiger partial charge in [-0.2, -0.15) is 0 Å². The highest BCUT2D eigenvalue weighted by molar-refractivity contribution is 5.52. The van der Waals surface area contributed by atoms with Gasteiger partial charge in [-0.25, -0.2) is 0 Å². The number of nitrogens with one attached hydrogen (secondary N) is 1. The van der Waals surface area contributed by atoms with Gasteiger partial charge in [-0.1, -0.05) is 6.92 Å². The third-order valence-corrected chi connectivity index (χ3v) is 5.05. The predicted molar refractivity (Wildman–Crippen MR) is 82.3 cm³/mol. The second kappa shape index (κ2) is 5.85. The first-order chi connectivity index (χ1) is 10.2. The molecule has 1 atom stereocenters. The SMILES string of the molecule is CCC1NCC2(CCOCC2)c2cc(OC)c(OC)cc21. The molecule has 0 amide bonds. The Hall–Kier alpha value is -1.26. The van der Waals surface area contributed by atoms with Gasteiger partial charge < -0.3 is 19.5 Å². The Kier molecular flexibility index (Phi) is 4.09. The van der Waals surface area contributed by atoms with Crippen LogP contribution in [-0.4, -0.2) is 34.0 Å². The molecule has 1 spiro atoms. The van der Waals surface area contributed by atoms with Crippen LogP contribution in [0.25, 0.3) is 0 Å². The van der Waals surface area contributed by atoms with Crippen molar-refractivity contribution in [2.45, 2.75) is 37.6 Å². The molecule has 21 heavy (non-hydrogen) atoms. The van der Waals surface area contributed by atoms with E-state index in [0.717, 1.165) is 50.5 Å². The lowest BCUT2D eigenvalue weighted by atomic mass is 9.68. The van der Waals surface area contributed by atoms with Crippen LogP contribution in [-0.2, 0) is 10.2 Å². The van der Waals surface area contributed by atoms with Crippen LogP contribution >= 0.6 is 0 Å². The van der Waals surface area contributed by atoms with Gasteiger partial charge in [-0.3, -0.25) is 0 Å². The molecule has 1 N–H and O–H groups in total. The van der Waals surface area contributed by atoms with Gasteiger partial charge >= 0.3 is 0 Å².